The van der Waals surface area contributed by atoms with Crippen LogP contribution >= 0.6 is 23.2 Å². The van der Waals surface area contributed by atoms with Crippen molar-refractivity contribution in [1.29, 1.82) is 0 Å². The molecule has 0 radical (unpaired) electrons. The van der Waals surface area contributed by atoms with Gasteiger partial charge in [-0.1, -0.05) is 0 Å². The molecule has 7 heteroatoms. The number of nitrogens with zero attached hydrogens (tertiary/aromatic N) is 3. The fourth-order valence-electron chi connectivity index (χ4n) is 1.30. The van der Waals surface area contributed by atoms with Gasteiger partial charge in [-0.3, -0.25) is 4.79 Å². The molecule has 1 N–H and O–H groups in total. The number of hydrogen-bond acceptors (Lipinski definition) is 5. The van der Waals surface area contributed by atoms with E-state index in [4.69, 9.17) is 23.2 Å². The van der Waals surface area contributed by atoms with Crippen molar-refractivity contribution < 1.29 is 4.79 Å². The second kappa shape index (κ2) is 5.29. The molecule has 2 aromatic rings. The average molecular weight is 283 g/mol. The molecule has 18 heavy (non-hydrogen) atoms. The molecule has 1 heterocycles. The van der Waals surface area contributed by atoms with Crippen molar-refractivity contribution in [1.82, 2.24) is 15.0 Å². The zero-order valence-corrected chi connectivity index (χ0v) is 10.8. The molecule has 0 spiro atoms. The van der Waals surface area contributed by atoms with Gasteiger partial charge in [-0.05, 0) is 54.4 Å². The minimum Gasteiger partial charge on any atom is -0.324 e. The number of benzene rings is 1. The molecule has 0 aliphatic rings. The second-order valence-corrected chi connectivity index (χ2v) is 4.13. The lowest BCUT2D eigenvalue weighted by Crippen LogP contribution is -2.00. The molecule has 5 nitrogen and oxygen atoms in total. The van der Waals surface area contributed by atoms with Crippen molar-refractivity contribution in [2.24, 2.45) is 0 Å². The van der Waals surface area contributed by atoms with E-state index < -0.39 is 0 Å². The summed E-state index contributed by atoms with van der Waals surface area (Å²) >= 11 is 11.3. The zero-order chi connectivity index (χ0) is 13.1. The summed E-state index contributed by atoms with van der Waals surface area (Å²) in [5.74, 6) is 0.253. The molecule has 92 valence electrons. The average Bonchev–Trinajstić information content (AvgIpc) is 2.28. The van der Waals surface area contributed by atoms with E-state index >= 15 is 0 Å². The first kappa shape index (κ1) is 12.7. The summed E-state index contributed by atoms with van der Waals surface area (Å²) in [6, 6.07) is 6.88. The van der Waals surface area contributed by atoms with E-state index in [0.29, 0.717) is 5.56 Å². The Labute approximate surface area is 113 Å². The fraction of sp³-hybridized carbons (Fsp3) is 0.0909. The topological polar surface area (TPSA) is 67.8 Å². The molecule has 0 fully saturated rings. The molecule has 0 saturated heterocycles. The molecule has 1 aromatic carbocycles. The summed E-state index contributed by atoms with van der Waals surface area (Å²) in [4.78, 5) is 22.5. The normalized spacial score (nSPS) is 10.2. The number of aromatic nitrogens is 3. The number of anilines is 2. The molecule has 2 rings (SSSR count). The number of hydrogen-bond donors (Lipinski definition) is 1. The molecular weight excluding hydrogens is 275 g/mol. The highest BCUT2D eigenvalue weighted by Crippen LogP contribution is 2.16. The summed E-state index contributed by atoms with van der Waals surface area (Å²) in [5.41, 5.74) is 1.35. The number of ketones is 1. The molecule has 0 atom stereocenters. The summed E-state index contributed by atoms with van der Waals surface area (Å²) < 4.78 is 0. The van der Waals surface area contributed by atoms with Crippen LogP contribution in [0, 0.1) is 0 Å². The van der Waals surface area contributed by atoms with E-state index in [-0.39, 0.29) is 22.3 Å². The first-order chi connectivity index (χ1) is 8.54. The maximum atomic E-state index is 11.1. The third-order valence-electron chi connectivity index (χ3n) is 2.13. The molecule has 0 bridgehead atoms. The Kier molecular flexibility index (Phi) is 3.74. The van der Waals surface area contributed by atoms with E-state index in [1.165, 1.54) is 6.92 Å². The van der Waals surface area contributed by atoms with E-state index in [1.54, 1.807) is 24.3 Å². The maximum absolute atomic E-state index is 11.1. The Morgan fingerprint density at radius 1 is 1.06 bits per heavy atom. The third kappa shape index (κ3) is 3.15. The number of carbonyl (C=O) groups excluding carboxylic acids is 1. The van der Waals surface area contributed by atoms with Gasteiger partial charge in [0.05, 0.1) is 0 Å². The number of nitrogens with one attached hydrogen (secondary N) is 1. The standard InChI is InChI=1S/C11H8Cl2N4O/c1-6(18)7-2-4-8(5-3-7)14-11-16-9(12)15-10(13)17-11/h2-5H,1H3,(H,14,15,16,17). The van der Waals surface area contributed by atoms with Crippen LogP contribution in [0.3, 0.4) is 0 Å². The predicted octanol–water partition coefficient (Wildman–Crippen LogP) is 3.12. The Morgan fingerprint density at radius 3 is 2.11 bits per heavy atom. The first-order valence-electron chi connectivity index (χ1n) is 5.00. The van der Waals surface area contributed by atoms with Crippen LogP contribution in [0.25, 0.3) is 0 Å². The lowest BCUT2D eigenvalue weighted by Gasteiger charge is -2.05. The van der Waals surface area contributed by atoms with Crippen LogP contribution in [-0.4, -0.2) is 20.7 Å². The maximum Gasteiger partial charge on any atom is 0.232 e. The van der Waals surface area contributed by atoms with Crippen LogP contribution in [-0.2, 0) is 0 Å². The lowest BCUT2D eigenvalue weighted by atomic mass is 10.1. The Hall–Kier alpha value is -1.72. The van der Waals surface area contributed by atoms with E-state index in [0.717, 1.165) is 5.69 Å². The number of Topliss-reactive ketones (excluding diaryl/α,β-unsaturated/α-hetero) is 1. The number of halogens is 2. The Balaban J connectivity index is 2.20. The number of rotatable bonds is 3. The number of carbonyl (C=O) groups is 1. The van der Waals surface area contributed by atoms with Crippen molar-refractivity contribution in [2.75, 3.05) is 5.32 Å². The largest absolute Gasteiger partial charge is 0.324 e. The summed E-state index contributed by atoms with van der Waals surface area (Å²) in [6.07, 6.45) is 0. The van der Waals surface area contributed by atoms with Gasteiger partial charge in [-0.2, -0.15) is 15.0 Å². The molecule has 0 aliphatic carbocycles. The van der Waals surface area contributed by atoms with Crippen LogP contribution in [0.1, 0.15) is 17.3 Å². The summed E-state index contributed by atoms with van der Waals surface area (Å²) in [7, 11) is 0. The van der Waals surface area contributed by atoms with Crippen LogP contribution in [0.5, 0.6) is 0 Å². The smallest absolute Gasteiger partial charge is 0.232 e. The van der Waals surface area contributed by atoms with Gasteiger partial charge in [0.2, 0.25) is 16.5 Å². The van der Waals surface area contributed by atoms with Crippen molar-refractivity contribution in [2.45, 2.75) is 6.92 Å². The van der Waals surface area contributed by atoms with Crippen molar-refractivity contribution in [3.8, 4) is 0 Å². The SMILES string of the molecule is CC(=O)c1ccc(Nc2nc(Cl)nc(Cl)n2)cc1. The van der Waals surface area contributed by atoms with Crippen LogP contribution in [0.4, 0.5) is 11.6 Å². The van der Waals surface area contributed by atoms with Gasteiger partial charge in [0.25, 0.3) is 0 Å². The van der Waals surface area contributed by atoms with Gasteiger partial charge in [-0.15, -0.1) is 0 Å². The van der Waals surface area contributed by atoms with Gasteiger partial charge in [0.15, 0.2) is 5.78 Å². The highest BCUT2D eigenvalue weighted by Gasteiger charge is 2.04. The fourth-order valence-corrected chi connectivity index (χ4v) is 1.66. The van der Waals surface area contributed by atoms with Gasteiger partial charge >= 0.3 is 0 Å². The van der Waals surface area contributed by atoms with Crippen LogP contribution < -0.4 is 5.32 Å². The van der Waals surface area contributed by atoms with Gasteiger partial charge in [0.1, 0.15) is 0 Å². The van der Waals surface area contributed by atoms with Gasteiger partial charge in [-0.25, -0.2) is 0 Å². The first-order valence-corrected chi connectivity index (χ1v) is 5.75. The van der Waals surface area contributed by atoms with Crippen LogP contribution in [0.15, 0.2) is 24.3 Å². The molecular formula is C11H8Cl2N4O. The van der Waals surface area contributed by atoms with Gasteiger partial charge < -0.3 is 5.32 Å². The monoisotopic (exact) mass is 282 g/mol. The van der Waals surface area contributed by atoms with Crippen molar-refractivity contribution in [3.05, 3.63) is 40.4 Å². The van der Waals surface area contributed by atoms with E-state index in [2.05, 4.69) is 20.3 Å². The molecule has 1 aromatic heterocycles. The Morgan fingerprint density at radius 2 is 1.61 bits per heavy atom. The quantitative estimate of drug-likeness (QED) is 0.876. The third-order valence-corrected chi connectivity index (χ3v) is 2.47. The molecule has 0 saturated carbocycles. The highest BCUT2D eigenvalue weighted by atomic mass is 35.5. The molecule has 0 amide bonds. The predicted molar refractivity (Wildman–Crippen MR) is 69.6 cm³/mol. The van der Waals surface area contributed by atoms with Crippen LogP contribution in [0.2, 0.25) is 10.6 Å². The molecule has 0 unspecified atom stereocenters. The van der Waals surface area contributed by atoms with Crippen molar-refractivity contribution >= 4 is 40.6 Å². The summed E-state index contributed by atoms with van der Waals surface area (Å²) in [5, 5.41) is 2.93. The minimum absolute atomic E-state index is 0.00722. The Bertz CT molecular complexity index is 566. The highest BCUT2D eigenvalue weighted by molar-refractivity contribution is 6.31. The lowest BCUT2D eigenvalue weighted by molar-refractivity contribution is 0.101. The summed E-state index contributed by atoms with van der Waals surface area (Å²) in [6.45, 7) is 1.51. The van der Waals surface area contributed by atoms with E-state index in [9.17, 15) is 4.79 Å². The van der Waals surface area contributed by atoms with Gasteiger partial charge in [0, 0.05) is 11.3 Å². The van der Waals surface area contributed by atoms with Crippen molar-refractivity contribution in [3.63, 3.8) is 0 Å². The van der Waals surface area contributed by atoms with E-state index in [1.807, 2.05) is 0 Å². The second-order valence-electron chi connectivity index (χ2n) is 3.46. The zero-order valence-electron chi connectivity index (χ0n) is 9.32. The minimum atomic E-state index is 0.00722. The molecule has 0 aliphatic heterocycles.